The van der Waals surface area contributed by atoms with E-state index in [0.29, 0.717) is 24.2 Å². The van der Waals surface area contributed by atoms with E-state index in [-0.39, 0.29) is 35.3 Å². The number of nitrogens with one attached hydrogen (secondary N) is 1. The number of sulfonamides is 1. The van der Waals surface area contributed by atoms with Gasteiger partial charge in [0.2, 0.25) is 15.9 Å². The monoisotopic (exact) mass is 470 g/mol. The number of aromatic nitrogens is 2. The van der Waals surface area contributed by atoms with Crippen molar-refractivity contribution in [2.24, 2.45) is 0 Å². The van der Waals surface area contributed by atoms with E-state index < -0.39 is 10.0 Å². The number of halogens is 1. The average Bonchev–Trinajstić information content (AvgIpc) is 2.79. The Kier molecular flexibility index (Phi) is 6.39. The van der Waals surface area contributed by atoms with Crippen LogP contribution in [-0.2, 0) is 27.8 Å². The van der Waals surface area contributed by atoms with E-state index in [2.05, 4.69) is 9.71 Å². The zero-order valence-corrected chi connectivity index (χ0v) is 18.8. The molecule has 3 aromatic rings. The Bertz CT molecular complexity index is 1350. The Morgan fingerprint density at radius 1 is 1.15 bits per heavy atom. The summed E-state index contributed by atoms with van der Waals surface area (Å²) >= 11 is 0. The molecule has 0 aliphatic carbocycles. The maximum Gasteiger partial charge on any atom is 0.253 e. The Hall–Kier alpha value is -3.37. The van der Waals surface area contributed by atoms with Gasteiger partial charge < -0.3 is 4.90 Å². The molecule has 0 saturated carbocycles. The highest BCUT2D eigenvalue weighted by Gasteiger charge is 2.23. The van der Waals surface area contributed by atoms with Gasteiger partial charge in [-0.2, -0.15) is 0 Å². The molecule has 1 amide bonds. The highest BCUT2D eigenvalue weighted by atomic mass is 32.2. The second-order valence-electron chi connectivity index (χ2n) is 7.78. The summed E-state index contributed by atoms with van der Waals surface area (Å²) in [6.45, 7) is 2.20. The third-order valence-corrected chi connectivity index (χ3v) is 6.98. The first kappa shape index (κ1) is 22.8. The van der Waals surface area contributed by atoms with Crippen LogP contribution in [0, 0.1) is 5.82 Å². The normalized spacial score (nSPS) is 13.6. The predicted octanol–water partition coefficient (Wildman–Crippen LogP) is 2.33. The SMILES string of the molecule is CC(=O)N1CCCc2cc(S(=O)(=O)NCCn3cnc(-c4ccc(F)cc4)cc3=O)ccc21. The van der Waals surface area contributed by atoms with Gasteiger partial charge in [-0.15, -0.1) is 0 Å². The summed E-state index contributed by atoms with van der Waals surface area (Å²) in [6.07, 6.45) is 2.81. The molecular weight excluding hydrogens is 447 g/mol. The van der Waals surface area contributed by atoms with Crippen molar-refractivity contribution in [3.05, 3.63) is 76.6 Å². The summed E-state index contributed by atoms with van der Waals surface area (Å²) in [4.78, 5) is 30.2. The van der Waals surface area contributed by atoms with E-state index in [1.807, 2.05) is 0 Å². The summed E-state index contributed by atoms with van der Waals surface area (Å²) in [6, 6.07) is 11.7. The fourth-order valence-corrected chi connectivity index (χ4v) is 4.90. The van der Waals surface area contributed by atoms with Crippen molar-refractivity contribution in [3.8, 4) is 11.3 Å². The molecule has 2 aromatic carbocycles. The second kappa shape index (κ2) is 9.24. The van der Waals surface area contributed by atoms with Crippen LogP contribution in [0.3, 0.4) is 0 Å². The zero-order valence-electron chi connectivity index (χ0n) is 18.0. The van der Waals surface area contributed by atoms with Crippen LogP contribution in [0.2, 0.25) is 0 Å². The summed E-state index contributed by atoms with van der Waals surface area (Å²) in [7, 11) is -3.79. The molecule has 0 spiro atoms. The number of aryl methyl sites for hydroxylation is 1. The van der Waals surface area contributed by atoms with Crippen LogP contribution in [0.4, 0.5) is 10.1 Å². The van der Waals surface area contributed by atoms with Crippen LogP contribution < -0.4 is 15.2 Å². The van der Waals surface area contributed by atoms with E-state index in [0.717, 1.165) is 17.7 Å². The van der Waals surface area contributed by atoms with Gasteiger partial charge in [0.25, 0.3) is 5.56 Å². The minimum Gasteiger partial charge on any atom is -0.312 e. The number of carbonyl (C=O) groups excluding carboxylic acids is 1. The topological polar surface area (TPSA) is 101 Å². The van der Waals surface area contributed by atoms with Crippen molar-refractivity contribution in [3.63, 3.8) is 0 Å². The fourth-order valence-electron chi connectivity index (χ4n) is 3.82. The van der Waals surface area contributed by atoms with E-state index in [1.54, 1.807) is 17.0 Å². The zero-order chi connectivity index (χ0) is 23.6. The molecule has 4 rings (SSSR count). The Labute approximate surface area is 190 Å². The van der Waals surface area contributed by atoms with Crippen molar-refractivity contribution in [1.29, 1.82) is 0 Å². The van der Waals surface area contributed by atoms with Crippen LogP contribution in [0.25, 0.3) is 11.3 Å². The first-order chi connectivity index (χ1) is 15.7. The number of carbonyl (C=O) groups is 1. The van der Waals surface area contributed by atoms with Gasteiger partial charge >= 0.3 is 0 Å². The summed E-state index contributed by atoms with van der Waals surface area (Å²) in [5, 5.41) is 0. The van der Waals surface area contributed by atoms with Gasteiger partial charge in [-0.25, -0.2) is 22.5 Å². The van der Waals surface area contributed by atoms with Crippen LogP contribution in [0.1, 0.15) is 18.9 Å². The summed E-state index contributed by atoms with van der Waals surface area (Å²) in [5.41, 5.74) is 2.23. The van der Waals surface area contributed by atoms with Gasteiger partial charge in [0.05, 0.1) is 16.9 Å². The molecule has 1 aliphatic rings. The Balaban J connectivity index is 1.43. The lowest BCUT2D eigenvalue weighted by atomic mass is 10.0. The summed E-state index contributed by atoms with van der Waals surface area (Å²) in [5.74, 6) is -0.455. The number of fused-ring (bicyclic) bond motifs is 1. The molecule has 1 N–H and O–H groups in total. The highest BCUT2D eigenvalue weighted by Crippen LogP contribution is 2.29. The molecule has 172 valence electrons. The van der Waals surface area contributed by atoms with E-state index in [1.165, 1.54) is 54.2 Å². The maximum absolute atomic E-state index is 13.1. The largest absolute Gasteiger partial charge is 0.312 e. The molecule has 8 nitrogen and oxygen atoms in total. The van der Waals surface area contributed by atoms with Gasteiger partial charge in [-0.05, 0) is 60.9 Å². The van der Waals surface area contributed by atoms with Gasteiger partial charge in [-0.1, -0.05) is 0 Å². The summed E-state index contributed by atoms with van der Waals surface area (Å²) < 4.78 is 42.4. The van der Waals surface area contributed by atoms with Crippen LogP contribution in [0.5, 0.6) is 0 Å². The quantitative estimate of drug-likeness (QED) is 0.596. The average molecular weight is 471 g/mol. The number of hydrogen-bond donors (Lipinski definition) is 1. The van der Waals surface area contributed by atoms with Crippen LogP contribution in [0.15, 0.2) is 64.5 Å². The van der Waals surface area contributed by atoms with Crippen molar-refractivity contribution >= 4 is 21.6 Å². The molecule has 1 aliphatic heterocycles. The van der Waals surface area contributed by atoms with Crippen molar-refractivity contribution in [1.82, 2.24) is 14.3 Å². The molecule has 0 atom stereocenters. The molecule has 0 unspecified atom stereocenters. The van der Waals surface area contributed by atoms with Crippen molar-refractivity contribution in [2.75, 3.05) is 18.0 Å². The second-order valence-corrected chi connectivity index (χ2v) is 9.54. The fraction of sp³-hybridized carbons (Fsp3) is 0.261. The first-order valence-corrected chi connectivity index (χ1v) is 12.0. The molecule has 0 bridgehead atoms. The number of nitrogens with zero attached hydrogens (tertiary/aromatic N) is 3. The van der Waals surface area contributed by atoms with Gasteiger partial charge in [0.15, 0.2) is 0 Å². The lowest BCUT2D eigenvalue weighted by Crippen LogP contribution is -2.34. The van der Waals surface area contributed by atoms with Crippen molar-refractivity contribution in [2.45, 2.75) is 31.2 Å². The third-order valence-electron chi connectivity index (χ3n) is 5.52. The molecular formula is C23H23FN4O4S. The van der Waals surface area contributed by atoms with Crippen LogP contribution in [-0.4, -0.2) is 37.0 Å². The third kappa shape index (κ3) is 5.01. The minimum absolute atomic E-state index is 0.00350. The Morgan fingerprint density at radius 2 is 1.91 bits per heavy atom. The van der Waals surface area contributed by atoms with Crippen LogP contribution >= 0.6 is 0 Å². The Morgan fingerprint density at radius 3 is 2.61 bits per heavy atom. The first-order valence-electron chi connectivity index (χ1n) is 10.5. The smallest absolute Gasteiger partial charge is 0.253 e. The minimum atomic E-state index is -3.79. The molecule has 10 heteroatoms. The molecule has 0 fully saturated rings. The highest BCUT2D eigenvalue weighted by molar-refractivity contribution is 7.89. The number of anilines is 1. The van der Waals surface area contributed by atoms with Crippen molar-refractivity contribution < 1.29 is 17.6 Å². The van der Waals surface area contributed by atoms with Gasteiger partial charge in [0, 0.05) is 43.9 Å². The van der Waals surface area contributed by atoms with Gasteiger partial charge in [-0.3, -0.25) is 14.2 Å². The number of amides is 1. The molecule has 0 radical (unpaired) electrons. The molecule has 33 heavy (non-hydrogen) atoms. The lowest BCUT2D eigenvalue weighted by Gasteiger charge is -2.28. The van der Waals surface area contributed by atoms with E-state index in [9.17, 15) is 22.4 Å². The molecule has 0 saturated heterocycles. The lowest BCUT2D eigenvalue weighted by molar-refractivity contribution is -0.116. The molecule has 1 aromatic heterocycles. The van der Waals surface area contributed by atoms with Gasteiger partial charge in [0.1, 0.15) is 5.82 Å². The number of benzene rings is 2. The number of rotatable bonds is 6. The molecule has 2 heterocycles. The maximum atomic E-state index is 13.1. The standard InChI is InChI=1S/C23H23FN4O4S/c1-16(29)28-11-2-3-18-13-20(8-9-22(18)28)33(31,32)26-10-12-27-15-25-21(14-23(27)30)17-4-6-19(24)7-5-17/h4-9,13-15,26H,2-3,10-12H2,1H3. The predicted molar refractivity (Wildman–Crippen MR) is 122 cm³/mol. The van der Waals surface area contributed by atoms with E-state index in [4.69, 9.17) is 0 Å². The van der Waals surface area contributed by atoms with E-state index >= 15 is 0 Å². The number of hydrogen-bond acceptors (Lipinski definition) is 5.